The van der Waals surface area contributed by atoms with Crippen LogP contribution in [0.15, 0.2) is 36.7 Å². The Balaban J connectivity index is 1.37. The van der Waals surface area contributed by atoms with Gasteiger partial charge in [0, 0.05) is 18.5 Å². The number of hydrogen-bond donors (Lipinski definition) is 1. The zero-order valence-corrected chi connectivity index (χ0v) is 16.7. The maximum atomic E-state index is 12.8. The van der Waals surface area contributed by atoms with E-state index in [-0.39, 0.29) is 17.4 Å². The van der Waals surface area contributed by atoms with E-state index in [4.69, 9.17) is 4.98 Å². The number of thiazole rings is 1. The minimum Gasteiger partial charge on any atom is -0.350 e. The summed E-state index contributed by atoms with van der Waals surface area (Å²) in [4.78, 5) is 28.7. The first-order valence-electron chi connectivity index (χ1n) is 9.84. The van der Waals surface area contributed by atoms with Gasteiger partial charge in [-0.2, -0.15) is 4.98 Å². The molecule has 144 valence electrons. The van der Waals surface area contributed by atoms with Crippen LogP contribution in [0.1, 0.15) is 43.9 Å². The number of aromatic nitrogens is 3. The second-order valence-corrected chi connectivity index (χ2v) is 8.96. The fraction of sp³-hybridized carbons (Fsp3) is 0.429. The molecule has 1 aromatic carbocycles. The van der Waals surface area contributed by atoms with Crippen LogP contribution in [0, 0.1) is 0 Å². The van der Waals surface area contributed by atoms with Gasteiger partial charge >= 0.3 is 0 Å². The summed E-state index contributed by atoms with van der Waals surface area (Å²) in [6.45, 7) is 3.66. The summed E-state index contributed by atoms with van der Waals surface area (Å²) in [6.07, 6.45) is 5.81. The van der Waals surface area contributed by atoms with Gasteiger partial charge in [0.25, 0.3) is 0 Å². The Morgan fingerprint density at radius 3 is 2.89 bits per heavy atom. The van der Waals surface area contributed by atoms with Crippen LogP contribution in [0.25, 0.3) is 10.3 Å². The molecule has 3 heterocycles. The molecule has 1 aliphatic carbocycles. The molecule has 0 radical (unpaired) electrons. The van der Waals surface area contributed by atoms with E-state index < -0.39 is 0 Å². The van der Waals surface area contributed by atoms with Gasteiger partial charge in [-0.05, 0) is 31.2 Å². The molecule has 1 N–H and O–H groups in total. The molecule has 7 heteroatoms. The van der Waals surface area contributed by atoms with Crippen molar-refractivity contribution in [2.24, 2.45) is 0 Å². The van der Waals surface area contributed by atoms with Gasteiger partial charge in [-0.1, -0.05) is 48.6 Å². The van der Waals surface area contributed by atoms with Crippen molar-refractivity contribution in [2.45, 2.75) is 50.6 Å². The van der Waals surface area contributed by atoms with Gasteiger partial charge in [-0.25, -0.2) is 9.97 Å². The number of amides is 1. The number of anilines is 1. The molecule has 1 unspecified atom stereocenters. The van der Waals surface area contributed by atoms with Crippen molar-refractivity contribution in [1.29, 1.82) is 0 Å². The highest BCUT2D eigenvalue weighted by Crippen LogP contribution is 2.50. The third kappa shape index (κ3) is 3.13. The number of nitrogens with one attached hydrogen (secondary N) is 1. The lowest BCUT2D eigenvalue weighted by Gasteiger charge is -2.23. The monoisotopic (exact) mass is 393 g/mol. The van der Waals surface area contributed by atoms with Gasteiger partial charge in [-0.3, -0.25) is 4.79 Å². The lowest BCUT2D eigenvalue weighted by atomic mass is 10.1. The number of nitrogens with zero attached hydrogens (tertiary/aromatic N) is 4. The smallest absolute Gasteiger partial charge is 0.243 e. The predicted molar refractivity (Wildman–Crippen MR) is 110 cm³/mol. The number of carbonyl (C=O) groups is 1. The highest BCUT2D eigenvalue weighted by molar-refractivity contribution is 7.22. The summed E-state index contributed by atoms with van der Waals surface area (Å²) < 4.78 is 1.08. The van der Waals surface area contributed by atoms with Crippen molar-refractivity contribution in [3.63, 3.8) is 0 Å². The van der Waals surface area contributed by atoms with Crippen LogP contribution in [0.2, 0.25) is 0 Å². The molecular formula is C21H23N5OS. The van der Waals surface area contributed by atoms with Gasteiger partial charge in [0.1, 0.15) is 12.4 Å². The van der Waals surface area contributed by atoms with E-state index in [1.165, 1.54) is 12.8 Å². The Bertz CT molecular complexity index is 1010. The highest BCUT2D eigenvalue weighted by Gasteiger charge is 2.43. The molecule has 1 aliphatic heterocycles. The second-order valence-electron chi connectivity index (χ2n) is 7.99. The molecule has 2 fully saturated rings. The number of fused-ring (bicyclic) bond motifs is 1. The molecule has 2 aliphatic rings. The molecule has 5 rings (SSSR count). The zero-order valence-electron chi connectivity index (χ0n) is 15.9. The summed E-state index contributed by atoms with van der Waals surface area (Å²) in [7, 11) is 0. The number of hydrogen-bond acceptors (Lipinski definition) is 6. The molecule has 2 aromatic heterocycles. The molecule has 1 atom stereocenters. The van der Waals surface area contributed by atoms with E-state index in [9.17, 15) is 4.79 Å². The van der Waals surface area contributed by atoms with Gasteiger partial charge in [0.2, 0.25) is 5.91 Å². The van der Waals surface area contributed by atoms with Crippen LogP contribution in [0.4, 0.5) is 5.13 Å². The van der Waals surface area contributed by atoms with Crippen LogP contribution in [-0.4, -0.2) is 33.4 Å². The normalized spacial score (nSPS) is 20.5. The van der Waals surface area contributed by atoms with Crippen molar-refractivity contribution in [3.05, 3.63) is 47.9 Å². The molecule has 3 aromatic rings. The molecule has 1 saturated heterocycles. The van der Waals surface area contributed by atoms with Crippen LogP contribution in [-0.2, 0) is 16.8 Å². The Morgan fingerprint density at radius 1 is 1.29 bits per heavy atom. The van der Waals surface area contributed by atoms with Crippen LogP contribution in [0.3, 0.4) is 0 Å². The van der Waals surface area contributed by atoms with Crippen molar-refractivity contribution in [3.8, 4) is 0 Å². The Labute approximate surface area is 168 Å². The van der Waals surface area contributed by atoms with E-state index in [2.05, 4.69) is 27.1 Å². The fourth-order valence-electron chi connectivity index (χ4n) is 3.89. The quantitative estimate of drug-likeness (QED) is 0.719. The second kappa shape index (κ2) is 6.81. The molecule has 0 bridgehead atoms. The maximum absolute atomic E-state index is 12.8. The predicted octanol–water partition coefficient (Wildman–Crippen LogP) is 3.42. The highest BCUT2D eigenvalue weighted by atomic mass is 32.1. The van der Waals surface area contributed by atoms with Crippen LogP contribution in [0.5, 0.6) is 0 Å². The lowest BCUT2D eigenvalue weighted by Crippen LogP contribution is -2.43. The average Bonchev–Trinajstić information content (AvgIpc) is 3.12. The Hall–Kier alpha value is -2.54. The largest absolute Gasteiger partial charge is 0.350 e. The fourth-order valence-corrected chi connectivity index (χ4v) is 5.13. The van der Waals surface area contributed by atoms with Crippen molar-refractivity contribution in [2.75, 3.05) is 11.4 Å². The first-order valence-corrected chi connectivity index (χ1v) is 10.7. The number of carbonyl (C=O) groups excluding carboxylic acids is 1. The van der Waals surface area contributed by atoms with Crippen molar-refractivity contribution in [1.82, 2.24) is 20.3 Å². The molecular weight excluding hydrogens is 370 g/mol. The van der Waals surface area contributed by atoms with Crippen molar-refractivity contribution < 1.29 is 4.79 Å². The molecule has 1 amide bonds. The van der Waals surface area contributed by atoms with Gasteiger partial charge in [0.05, 0.1) is 10.4 Å². The van der Waals surface area contributed by atoms with Crippen LogP contribution >= 0.6 is 11.3 Å². The Kier molecular flexibility index (Phi) is 4.27. The zero-order chi connectivity index (χ0) is 19.1. The van der Waals surface area contributed by atoms with Crippen molar-refractivity contribution >= 4 is 32.7 Å². The summed E-state index contributed by atoms with van der Waals surface area (Å²) in [6, 6.07) is 9.85. The van der Waals surface area contributed by atoms with E-state index in [0.29, 0.717) is 6.54 Å². The van der Waals surface area contributed by atoms with Gasteiger partial charge in [0.15, 0.2) is 10.8 Å². The third-order valence-corrected chi connectivity index (χ3v) is 6.95. The summed E-state index contributed by atoms with van der Waals surface area (Å²) in [5.74, 6) is 0.0704. The lowest BCUT2D eigenvalue weighted by molar-refractivity contribution is -0.122. The SMILES string of the molecule is CC1(c2ncnc3nc(N4CCCC4C(=O)NCc4ccccc4)sc23)CC1. The van der Waals surface area contributed by atoms with E-state index in [1.807, 2.05) is 30.3 Å². The molecule has 0 spiro atoms. The van der Waals surface area contributed by atoms with Crippen LogP contribution < -0.4 is 10.2 Å². The molecule has 28 heavy (non-hydrogen) atoms. The van der Waals surface area contributed by atoms with Gasteiger partial charge < -0.3 is 10.2 Å². The standard InChI is InChI=1S/C21H23N5OS/c1-21(9-10-21)17-16-18(24-13-23-17)25-20(28-16)26-11-5-8-15(26)19(27)22-12-14-6-3-2-4-7-14/h2-4,6-7,13,15H,5,8-12H2,1H3,(H,22,27). The van der Waals surface area contributed by atoms with E-state index >= 15 is 0 Å². The average molecular weight is 394 g/mol. The summed E-state index contributed by atoms with van der Waals surface area (Å²) in [5.41, 5.74) is 3.15. The summed E-state index contributed by atoms with van der Waals surface area (Å²) in [5, 5.41) is 3.98. The molecule has 1 saturated carbocycles. The number of benzene rings is 1. The summed E-state index contributed by atoms with van der Waals surface area (Å²) >= 11 is 1.63. The minimum absolute atomic E-state index is 0.0704. The first kappa shape index (κ1) is 17.6. The first-order chi connectivity index (χ1) is 13.6. The minimum atomic E-state index is -0.169. The topological polar surface area (TPSA) is 71.0 Å². The molecule has 6 nitrogen and oxygen atoms in total. The number of rotatable bonds is 5. The Morgan fingerprint density at radius 2 is 2.11 bits per heavy atom. The third-order valence-electron chi connectivity index (χ3n) is 5.86. The van der Waals surface area contributed by atoms with Gasteiger partial charge in [-0.15, -0.1) is 0 Å². The maximum Gasteiger partial charge on any atom is 0.243 e. The van der Waals surface area contributed by atoms with E-state index in [1.54, 1.807) is 17.7 Å². The van der Waals surface area contributed by atoms with E-state index in [0.717, 1.165) is 46.1 Å².